The second-order valence-electron chi connectivity index (χ2n) is 6.76. The Morgan fingerprint density at radius 1 is 1.35 bits per heavy atom. The van der Waals surface area contributed by atoms with E-state index < -0.39 is 0 Å². The van der Waals surface area contributed by atoms with Crippen LogP contribution in [-0.4, -0.2) is 17.4 Å². The number of ether oxygens (including phenoxy) is 1. The van der Waals surface area contributed by atoms with E-state index in [9.17, 15) is 4.79 Å². The number of rotatable bonds is 7. The minimum absolute atomic E-state index is 0.149. The Labute approximate surface area is 122 Å². The number of carbonyl (C=O) groups is 1. The summed E-state index contributed by atoms with van der Waals surface area (Å²) in [7, 11) is 0. The molecular formula is C17H27NO2. The van der Waals surface area contributed by atoms with Crippen LogP contribution in [0, 0.1) is 11.3 Å². The van der Waals surface area contributed by atoms with Gasteiger partial charge >= 0.3 is 0 Å². The van der Waals surface area contributed by atoms with Crippen molar-refractivity contribution in [3.8, 4) is 5.75 Å². The highest BCUT2D eigenvalue weighted by molar-refractivity contribution is 5.96. The van der Waals surface area contributed by atoms with Crippen LogP contribution < -0.4 is 4.74 Å². The molecule has 0 radical (unpaired) electrons. The molecule has 1 atom stereocenters. The van der Waals surface area contributed by atoms with Crippen molar-refractivity contribution in [2.24, 2.45) is 11.3 Å². The first-order chi connectivity index (χ1) is 9.31. The Morgan fingerprint density at radius 2 is 2.05 bits per heavy atom. The minimum Gasteiger partial charge on any atom is -0.492 e. The van der Waals surface area contributed by atoms with Crippen molar-refractivity contribution in [3.63, 3.8) is 0 Å². The van der Waals surface area contributed by atoms with Gasteiger partial charge in [-0.15, -0.1) is 0 Å². The van der Waals surface area contributed by atoms with Gasteiger partial charge in [-0.2, -0.15) is 0 Å². The molecule has 3 nitrogen and oxygen atoms in total. The van der Waals surface area contributed by atoms with Gasteiger partial charge in [0, 0.05) is 18.2 Å². The number of nitrogens with zero attached hydrogens (tertiary/aromatic N) is 1. The van der Waals surface area contributed by atoms with E-state index in [4.69, 9.17) is 4.74 Å². The molecule has 1 unspecified atom stereocenters. The van der Waals surface area contributed by atoms with Gasteiger partial charge < -0.3 is 4.74 Å². The predicted octanol–water partition coefficient (Wildman–Crippen LogP) is 4.52. The molecular weight excluding hydrogens is 250 g/mol. The monoisotopic (exact) mass is 277 g/mol. The average molecular weight is 277 g/mol. The normalized spacial score (nSPS) is 13.1. The molecule has 0 bridgehead atoms. The van der Waals surface area contributed by atoms with E-state index in [1.54, 1.807) is 18.5 Å². The summed E-state index contributed by atoms with van der Waals surface area (Å²) in [5.41, 5.74) is 0.906. The molecule has 0 aliphatic carbocycles. The number of ketones is 1. The standard InChI is InChI=1S/C17H27NO2/c1-6-7-20-15-9-14(11-18-12-15)16(19)8-13(2)10-17(3,4)5/h9,11-13H,6-8,10H2,1-5H3. The van der Waals surface area contributed by atoms with E-state index in [0.29, 0.717) is 30.3 Å². The summed E-state index contributed by atoms with van der Waals surface area (Å²) in [5, 5.41) is 0. The molecule has 20 heavy (non-hydrogen) atoms. The van der Waals surface area contributed by atoms with Gasteiger partial charge in [-0.05, 0) is 30.2 Å². The van der Waals surface area contributed by atoms with Crippen LogP contribution in [0.2, 0.25) is 0 Å². The third-order valence-electron chi connectivity index (χ3n) is 3.00. The SMILES string of the molecule is CCCOc1cncc(C(=O)CC(C)CC(C)(C)C)c1. The van der Waals surface area contributed by atoms with E-state index in [-0.39, 0.29) is 11.2 Å². The van der Waals surface area contributed by atoms with Crippen LogP contribution >= 0.6 is 0 Å². The number of hydrogen-bond donors (Lipinski definition) is 0. The van der Waals surface area contributed by atoms with Gasteiger partial charge in [0.25, 0.3) is 0 Å². The van der Waals surface area contributed by atoms with Gasteiger partial charge in [0.2, 0.25) is 0 Å². The third kappa shape index (κ3) is 6.18. The molecule has 0 aromatic carbocycles. The van der Waals surface area contributed by atoms with Gasteiger partial charge in [0.05, 0.1) is 12.8 Å². The van der Waals surface area contributed by atoms with Crippen molar-refractivity contribution >= 4 is 5.78 Å². The zero-order chi connectivity index (χ0) is 15.2. The summed E-state index contributed by atoms with van der Waals surface area (Å²) in [5.74, 6) is 1.21. The lowest BCUT2D eigenvalue weighted by Gasteiger charge is -2.22. The first-order valence-corrected chi connectivity index (χ1v) is 7.43. The molecule has 0 N–H and O–H groups in total. The molecule has 112 valence electrons. The highest BCUT2D eigenvalue weighted by Crippen LogP contribution is 2.27. The number of hydrogen-bond acceptors (Lipinski definition) is 3. The Bertz CT molecular complexity index is 435. The molecule has 0 amide bonds. The molecule has 1 aromatic heterocycles. The van der Waals surface area contributed by atoms with E-state index in [2.05, 4.69) is 39.6 Å². The highest BCUT2D eigenvalue weighted by Gasteiger charge is 2.18. The first-order valence-electron chi connectivity index (χ1n) is 7.43. The zero-order valence-electron chi connectivity index (χ0n) is 13.4. The van der Waals surface area contributed by atoms with E-state index in [1.807, 2.05) is 0 Å². The number of Topliss-reactive ketones (excluding diaryl/α,β-unsaturated/α-hetero) is 1. The number of carbonyl (C=O) groups excluding carboxylic acids is 1. The van der Waals surface area contributed by atoms with Crippen molar-refractivity contribution < 1.29 is 9.53 Å². The van der Waals surface area contributed by atoms with Crippen molar-refractivity contribution in [1.29, 1.82) is 0 Å². The summed E-state index contributed by atoms with van der Waals surface area (Å²) in [6.07, 6.45) is 5.84. The molecule has 1 rings (SSSR count). The Morgan fingerprint density at radius 3 is 2.65 bits per heavy atom. The van der Waals surface area contributed by atoms with E-state index in [0.717, 1.165) is 12.8 Å². The average Bonchev–Trinajstić information content (AvgIpc) is 2.34. The Balaban J connectivity index is 2.63. The third-order valence-corrected chi connectivity index (χ3v) is 3.00. The van der Waals surface area contributed by atoms with Crippen molar-refractivity contribution in [2.45, 2.75) is 53.9 Å². The molecule has 3 heteroatoms. The van der Waals surface area contributed by atoms with Crippen LogP contribution in [0.1, 0.15) is 64.2 Å². The maximum Gasteiger partial charge on any atom is 0.164 e. The van der Waals surface area contributed by atoms with Crippen LogP contribution in [0.4, 0.5) is 0 Å². The van der Waals surface area contributed by atoms with Crippen LogP contribution in [0.25, 0.3) is 0 Å². The Hall–Kier alpha value is -1.38. The van der Waals surface area contributed by atoms with Gasteiger partial charge in [0.1, 0.15) is 5.75 Å². The summed E-state index contributed by atoms with van der Waals surface area (Å²) >= 11 is 0. The molecule has 0 aliphatic rings. The summed E-state index contributed by atoms with van der Waals surface area (Å²) < 4.78 is 5.52. The maximum absolute atomic E-state index is 12.3. The van der Waals surface area contributed by atoms with E-state index in [1.165, 1.54) is 0 Å². The number of aromatic nitrogens is 1. The van der Waals surface area contributed by atoms with Gasteiger partial charge in [-0.3, -0.25) is 9.78 Å². The second kappa shape index (κ2) is 7.41. The van der Waals surface area contributed by atoms with Gasteiger partial charge in [-0.1, -0.05) is 34.6 Å². The van der Waals surface area contributed by atoms with Crippen LogP contribution in [0.3, 0.4) is 0 Å². The fourth-order valence-corrected chi connectivity index (χ4v) is 2.42. The van der Waals surface area contributed by atoms with Crippen LogP contribution in [-0.2, 0) is 0 Å². The second-order valence-corrected chi connectivity index (χ2v) is 6.76. The maximum atomic E-state index is 12.3. The highest BCUT2D eigenvalue weighted by atomic mass is 16.5. The van der Waals surface area contributed by atoms with E-state index >= 15 is 0 Å². The summed E-state index contributed by atoms with van der Waals surface area (Å²) in [4.78, 5) is 16.4. The van der Waals surface area contributed by atoms with Crippen LogP contribution in [0.5, 0.6) is 5.75 Å². The van der Waals surface area contributed by atoms with Crippen molar-refractivity contribution in [1.82, 2.24) is 4.98 Å². The lowest BCUT2D eigenvalue weighted by atomic mass is 9.83. The molecule has 0 aliphatic heterocycles. The lowest BCUT2D eigenvalue weighted by molar-refractivity contribution is 0.0953. The molecule has 0 saturated heterocycles. The molecule has 0 saturated carbocycles. The summed E-state index contributed by atoms with van der Waals surface area (Å²) in [6, 6.07) is 1.80. The van der Waals surface area contributed by atoms with Crippen LogP contribution in [0.15, 0.2) is 18.5 Å². The van der Waals surface area contributed by atoms with Gasteiger partial charge in [0.15, 0.2) is 5.78 Å². The molecule has 0 fully saturated rings. The minimum atomic E-state index is 0.149. The topological polar surface area (TPSA) is 39.2 Å². The first kappa shape index (κ1) is 16.7. The smallest absolute Gasteiger partial charge is 0.164 e. The van der Waals surface area contributed by atoms with Crippen molar-refractivity contribution in [2.75, 3.05) is 6.61 Å². The zero-order valence-corrected chi connectivity index (χ0v) is 13.4. The molecule has 0 spiro atoms. The summed E-state index contributed by atoms with van der Waals surface area (Å²) in [6.45, 7) is 11.4. The predicted molar refractivity (Wildman–Crippen MR) is 82.2 cm³/mol. The number of pyridine rings is 1. The molecule has 1 aromatic rings. The molecule has 1 heterocycles. The fourth-order valence-electron chi connectivity index (χ4n) is 2.42. The van der Waals surface area contributed by atoms with Crippen molar-refractivity contribution in [3.05, 3.63) is 24.0 Å². The van der Waals surface area contributed by atoms with Gasteiger partial charge in [-0.25, -0.2) is 0 Å². The Kier molecular flexibility index (Phi) is 6.18. The largest absolute Gasteiger partial charge is 0.492 e. The lowest BCUT2D eigenvalue weighted by Crippen LogP contribution is -2.14. The quantitative estimate of drug-likeness (QED) is 0.688. The fraction of sp³-hybridized carbons (Fsp3) is 0.647.